The minimum atomic E-state index is -1.25. The molecule has 6 saturated heterocycles. The van der Waals surface area contributed by atoms with Crippen LogP contribution < -0.4 is 43.6 Å². The van der Waals surface area contributed by atoms with Crippen molar-refractivity contribution in [2.75, 3.05) is 209 Å². The van der Waals surface area contributed by atoms with Gasteiger partial charge in [0.1, 0.15) is 61.0 Å². The number of aryl methyl sites for hydroxylation is 3. The van der Waals surface area contributed by atoms with Crippen LogP contribution in [0.1, 0.15) is 107 Å². The number of likely N-dealkylation sites (tertiary alicyclic amines) is 3. The van der Waals surface area contributed by atoms with Crippen LogP contribution in [-0.2, 0) is 58.0 Å². The highest BCUT2D eigenvalue weighted by atomic mass is 32.1. The van der Waals surface area contributed by atoms with Gasteiger partial charge in [0.05, 0.1) is 78.1 Å². The SMILES string of the molecule is C=C(F)C(=O)N1CCN(c2nc(OC[C@@H]3CC(C)(F)CN3C)nc3c2CCN(c2c(C)c(C)cc4[nH]ccc24)C3)CC1.COC/C=C/C(=O)N1CCN(c2nc(OC[C@@H]3CC(C)(F)CN3C)nc3c2CCN(c2c(C)c(C)cc4[nH]ncc24)C3)CC1.Cc1cc2[nH]ncc2c(N2CCc3c(nc(OC[C@@H]4CC(C)(F)CN4C)nc3N3CCN(C(=O)/C=C/CF)CC3)C2)c1C.S.S.S. The fourth-order valence-electron chi connectivity index (χ4n) is 20.3. The third-order valence-corrected chi connectivity index (χ3v) is 27.4. The van der Waals surface area contributed by atoms with Crippen LogP contribution in [0.2, 0.25) is 0 Å². The zero-order valence-corrected chi connectivity index (χ0v) is 81.1. The van der Waals surface area contributed by atoms with E-state index in [-0.39, 0.29) is 82.4 Å². The first kappa shape index (κ1) is 99.2. The van der Waals surface area contributed by atoms with Gasteiger partial charge in [-0.25, -0.2) is 22.0 Å². The highest BCUT2D eigenvalue weighted by molar-refractivity contribution is 7.59. The summed E-state index contributed by atoms with van der Waals surface area (Å²) in [5, 5.41) is 18.2. The maximum atomic E-state index is 14.7. The standard InChI is InChI=1S/C32H43FN8O3.C31H40F2N8O2.C31H39F2N7O2.3H2S/c1-21-15-26-25(17-34-37-26)29(22(21)2)41-9-8-24-27(18-41)35-31(44-19-23-16-32(3,33)20-38(23)4)36-30(24)40-12-10-39(11-13-40)28(42)7-6-14-43-5;1-20-14-25-24(16-34-37-25)28(21(20)2)41-9-7-23-26(17-41)35-30(43-18-22-15-31(3,33)19-38(22)4)36-29(23)40-12-10-39(11-13-40)27(42)6-5-8-32;1-19-14-25-23(6-8-34-25)27(20(19)2)40-9-7-24-26(16-40)35-30(42-17-22-15-31(4,33)18-37(22)5)36-28(24)38-10-12-39(13-11-38)29(41)21(3)32;;;/h6-7,15,17,23H,8-14,16,18-20H2,1-5H3,(H,34,37);5-6,14,16,22H,7-13,15,17-19H2,1-4H3,(H,34,37);6,8,14,22,34H,3,7,9-13,15-18H2,1-2,4-5H3;3*1H2/b7-6+;6-5+;;;;/t23-,32?;2*22-,31?;;;/m000.../s1. The average molecular weight is 1880 g/mol. The molecule has 3 aromatic carbocycles. The largest absolute Gasteiger partial charge is 0.462 e. The summed E-state index contributed by atoms with van der Waals surface area (Å²) in [5.41, 5.74) is 16.3. The molecular formula is C94H128F5N23O7S3. The molecule has 3 N–H and O–H groups in total. The molecule has 132 heavy (non-hydrogen) atoms. The van der Waals surface area contributed by atoms with E-state index in [1.165, 1.54) is 67.2 Å². The Morgan fingerprint density at radius 2 is 0.818 bits per heavy atom. The Morgan fingerprint density at radius 3 is 1.15 bits per heavy atom. The van der Waals surface area contributed by atoms with Gasteiger partial charge >= 0.3 is 18.0 Å². The normalized spacial score (nSPS) is 22.4. The number of hydrogen-bond donors (Lipinski definition) is 3. The van der Waals surface area contributed by atoms with E-state index >= 15 is 0 Å². The maximum Gasteiger partial charge on any atom is 0.318 e. The Hall–Kier alpha value is -10.3. The first-order valence-corrected chi connectivity index (χ1v) is 45.1. The Kier molecular flexibility index (Phi) is 31.4. The zero-order valence-electron chi connectivity index (χ0n) is 78.1. The van der Waals surface area contributed by atoms with Crippen LogP contribution >= 0.6 is 40.5 Å². The first-order chi connectivity index (χ1) is 61.8. The minimum Gasteiger partial charge on any atom is -0.462 e. The summed E-state index contributed by atoms with van der Waals surface area (Å²) in [6.07, 6.45) is 15.1. The van der Waals surface area contributed by atoms with Crippen molar-refractivity contribution in [2.24, 2.45) is 0 Å². The number of hydrogen-bond acceptors (Lipinski definition) is 24. The summed E-state index contributed by atoms with van der Waals surface area (Å²) in [7, 11) is 7.37. The minimum absolute atomic E-state index is 0. The highest BCUT2D eigenvalue weighted by Crippen LogP contribution is 2.43. The lowest BCUT2D eigenvalue weighted by molar-refractivity contribution is -0.129. The van der Waals surface area contributed by atoms with Crippen molar-refractivity contribution in [3.8, 4) is 18.0 Å². The van der Waals surface area contributed by atoms with E-state index in [0.29, 0.717) is 170 Å². The predicted octanol–water partition coefficient (Wildman–Crippen LogP) is 11.1. The van der Waals surface area contributed by atoms with Gasteiger partial charge in [0.25, 0.3) is 5.91 Å². The number of rotatable bonds is 21. The van der Waals surface area contributed by atoms with Gasteiger partial charge in [0.2, 0.25) is 11.8 Å². The van der Waals surface area contributed by atoms with Crippen LogP contribution in [0, 0.1) is 41.5 Å². The fourth-order valence-corrected chi connectivity index (χ4v) is 20.3. The molecule has 714 valence electrons. The molecule has 0 bridgehead atoms. The molecule has 0 radical (unpaired) electrons. The van der Waals surface area contributed by atoms with Gasteiger partial charge in [-0.15, -0.1) is 0 Å². The van der Waals surface area contributed by atoms with Crippen molar-refractivity contribution in [1.82, 2.24) is 84.7 Å². The third kappa shape index (κ3) is 21.7. The number of carbonyl (C=O) groups is 3. The van der Waals surface area contributed by atoms with Crippen LogP contribution in [-0.4, -0.2) is 317 Å². The van der Waals surface area contributed by atoms with E-state index < -0.39 is 35.4 Å². The summed E-state index contributed by atoms with van der Waals surface area (Å²) in [5.74, 6) is 0.703. The van der Waals surface area contributed by atoms with Gasteiger partial charge in [-0.05, 0) is 166 Å². The second-order valence-corrected chi connectivity index (χ2v) is 37.1. The summed E-state index contributed by atoms with van der Waals surface area (Å²) in [6.45, 7) is 33.4. The number of alkyl halides is 4. The molecule has 0 spiro atoms. The maximum absolute atomic E-state index is 14.7. The molecule has 9 aliphatic heterocycles. The van der Waals surface area contributed by atoms with Crippen LogP contribution in [0.4, 0.5) is 56.5 Å². The number of fused-ring (bicyclic) bond motifs is 6. The van der Waals surface area contributed by atoms with Crippen LogP contribution in [0.3, 0.4) is 0 Å². The Morgan fingerprint density at radius 1 is 0.477 bits per heavy atom. The van der Waals surface area contributed by atoms with Crippen molar-refractivity contribution in [2.45, 2.75) is 156 Å². The van der Waals surface area contributed by atoms with E-state index in [0.717, 1.165) is 123 Å². The first-order valence-electron chi connectivity index (χ1n) is 45.1. The van der Waals surface area contributed by atoms with Gasteiger partial charge in [0, 0.05) is 225 Å². The number of methoxy groups -OCH3 is 1. The molecule has 6 aromatic heterocycles. The second-order valence-electron chi connectivity index (χ2n) is 37.1. The number of nitrogens with one attached hydrogen (secondary N) is 3. The van der Waals surface area contributed by atoms with Gasteiger partial charge in [0.15, 0.2) is 5.83 Å². The Balaban J connectivity index is 0.000000166. The Labute approximate surface area is 789 Å². The molecule has 0 saturated carbocycles. The number of nitrogens with zero attached hydrogens (tertiary/aromatic N) is 20. The second kappa shape index (κ2) is 41.7. The number of carbonyl (C=O) groups excluding carboxylic acids is 3. The molecule has 3 unspecified atom stereocenters. The van der Waals surface area contributed by atoms with E-state index in [1.807, 2.05) is 59.3 Å². The van der Waals surface area contributed by atoms with E-state index in [9.17, 15) is 36.3 Å². The number of likely N-dealkylation sites (N-methyl/N-ethyl adjacent to an activating group) is 3. The molecule has 9 aliphatic rings. The number of piperazine rings is 3. The van der Waals surface area contributed by atoms with Gasteiger partial charge in [-0.1, -0.05) is 12.7 Å². The molecule has 6 atom stereocenters. The topological polar surface area (TPSA) is 278 Å². The number of ether oxygens (including phenoxy) is 4. The predicted molar refractivity (Wildman–Crippen MR) is 521 cm³/mol. The lowest BCUT2D eigenvalue weighted by Gasteiger charge is -2.38. The lowest BCUT2D eigenvalue weighted by atomic mass is 9.99. The molecule has 3 amide bonds. The molecule has 30 nitrogen and oxygen atoms in total. The van der Waals surface area contributed by atoms with Gasteiger partial charge < -0.3 is 68.0 Å². The molecular weight excluding hydrogens is 1750 g/mol. The van der Waals surface area contributed by atoms with Crippen LogP contribution in [0.5, 0.6) is 18.0 Å². The van der Waals surface area contributed by atoms with E-state index in [2.05, 4.69) is 127 Å². The number of halogens is 5. The Bertz CT molecular complexity index is 5710. The van der Waals surface area contributed by atoms with Crippen LogP contribution in [0.15, 0.2) is 79.6 Å². The van der Waals surface area contributed by atoms with E-state index in [1.54, 1.807) is 44.9 Å². The molecule has 0 aliphatic carbocycles. The summed E-state index contributed by atoms with van der Waals surface area (Å²) < 4.78 is 93.7. The van der Waals surface area contributed by atoms with Crippen LogP contribution in [0.25, 0.3) is 32.7 Å². The van der Waals surface area contributed by atoms with Gasteiger partial charge in [-0.3, -0.25) is 39.3 Å². The summed E-state index contributed by atoms with van der Waals surface area (Å²) in [6, 6.07) is 9.28. The zero-order chi connectivity index (χ0) is 91.1. The third-order valence-electron chi connectivity index (χ3n) is 27.4. The van der Waals surface area contributed by atoms with Crippen molar-refractivity contribution in [3.63, 3.8) is 0 Å². The number of anilines is 6. The average Bonchev–Trinajstić information content (AvgIpc) is 1.21. The van der Waals surface area contributed by atoms with Crippen molar-refractivity contribution in [3.05, 3.63) is 147 Å². The lowest BCUT2D eigenvalue weighted by Crippen LogP contribution is -2.49. The van der Waals surface area contributed by atoms with E-state index in [4.69, 9.17) is 48.9 Å². The molecule has 38 heteroatoms. The molecule has 15 heterocycles. The van der Waals surface area contributed by atoms with Crippen molar-refractivity contribution in [1.29, 1.82) is 0 Å². The van der Waals surface area contributed by atoms with Gasteiger partial charge in [-0.2, -0.15) is 80.6 Å². The number of H-pyrrole nitrogens is 3. The monoisotopic (exact) mass is 1880 g/mol. The fraction of sp³-hybridized carbons (Fsp3) is 0.543. The molecule has 18 rings (SSSR count). The number of allylic oxidation sites excluding steroid dienone is 1. The summed E-state index contributed by atoms with van der Waals surface area (Å²) in [4.78, 5) is 94.8. The quantitative estimate of drug-likeness (QED) is 0.0445. The summed E-state index contributed by atoms with van der Waals surface area (Å²) >= 11 is 0. The number of amides is 3. The highest BCUT2D eigenvalue weighted by Gasteiger charge is 2.44. The van der Waals surface area contributed by atoms with Crippen molar-refractivity contribution < 1.29 is 55.3 Å². The smallest absolute Gasteiger partial charge is 0.318 e. The number of benzene rings is 3. The number of aromatic amines is 3. The molecule has 6 fully saturated rings. The van der Waals surface area contributed by atoms with Crippen molar-refractivity contribution >= 4 is 125 Å². The number of aromatic nitrogens is 11. The molecule has 9 aromatic rings.